The molecule has 3 N–H and O–H groups in total. The van der Waals surface area contributed by atoms with E-state index in [2.05, 4.69) is 20.4 Å². The van der Waals surface area contributed by atoms with E-state index in [0.29, 0.717) is 22.5 Å². The molecule has 0 fully saturated rings. The number of hydrogen-bond donors (Lipinski definition) is 2. The van der Waals surface area contributed by atoms with Gasteiger partial charge in [-0.1, -0.05) is 41.4 Å². The Labute approximate surface area is 161 Å². The molecule has 3 rings (SSSR count). The van der Waals surface area contributed by atoms with Crippen LogP contribution in [0.3, 0.4) is 0 Å². The Balaban J connectivity index is 1.61. The van der Waals surface area contributed by atoms with Crippen LogP contribution in [0.15, 0.2) is 60.1 Å². The lowest BCUT2D eigenvalue weighted by atomic mass is 10.1. The van der Waals surface area contributed by atoms with Crippen molar-refractivity contribution < 1.29 is 0 Å². The van der Waals surface area contributed by atoms with Crippen LogP contribution in [0.5, 0.6) is 0 Å². The quantitative estimate of drug-likeness (QED) is 0.515. The van der Waals surface area contributed by atoms with Crippen molar-refractivity contribution in [2.45, 2.75) is 19.5 Å². The predicted octanol–water partition coefficient (Wildman–Crippen LogP) is 3.74. The Bertz CT molecular complexity index is 891. The first-order valence-corrected chi connectivity index (χ1v) is 8.74. The molecule has 1 atom stereocenters. The van der Waals surface area contributed by atoms with E-state index in [-0.39, 0.29) is 6.04 Å². The third kappa shape index (κ3) is 4.53. The number of nitrogens with two attached hydrogens (primary N) is 1. The van der Waals surface area contributed by atoms with E-state index in [9.17, 15) is 0 Å². The fourth-order valence-corrected chi connectivity index (χ4v) is 3.04. The molecule has 0 radical (unpaired) electrons. The summed E-state index contributed by atoms with van der Waals surface area (Å²) in [5.74, 6) is 0.351. The monoisotopic (exact) mass is 388 g/mol. The first kappa shape index (κ1) is 18.2. The van der Waals surface area contributed by atoms with Gasteiger partial charge >= 0.3 is 0 Å². The molecule has 2 aromatic carbocycles. The number of aromatic nitrogens is 3. The molecule has 3 aromatic rings. The lowest BCUT2D eigenvalue weighted by Gasteiger charge is -2.16. The van der Waals surface area contributed by atoms with Gasteiger partial charge < -0.3 is 11.1 Å². The van der Waals surface area contributed by atoms with E-state index < -0.39 is 0 Å². The van der Waals surface area contributed by atoms with Gasteiger partial charge in [-0.3, -0.25) is 0 Å². The fraction of sp³-hybridized carbons (Fsp3) is 0.167. The van der Waals surface area contributed by atoms with Crippen LogP contribution in [0.1, 0.15) is 24.1 Å². The largest absolute Gasteiger partial charge is 0.370 e. The van der Waals surface area contributed by atoms with Gasteiger partial charge in [-0.15, -0.1) is 0 Å². The molecule has 0 amide bonds. The van der Waals surface area contributed by atoms with Gasteiger partial charge in [0, 0.05) is 10.0 Å². The Morgan fingerprint density at radius 1 is 1.23 bits per heavy atom. The van der Waals surface area contributed by atoms with Crippen molar-refractivity contribution in [2.75, 3.05) is 0 Å². The lowest BCUT2D eigenvalue weighted by molar-refractivity contribution is 0.708. The average molecular weight is 389 g/mol. The summed E-state index contributed by atoms with van der Waals surface area (Å²) in [5.41, 5.74) is 8.88. The summed E-state index contributed by atoms with van der Waals surface area (Å²) in [6.45, 7) is 2.43. The number of nitrogens with zero attached hydrogens (tertiary/aromatic N) is 4. The zero-order valence-electron chi connectivity index (χ0n) is 14.1. The topological polar surface area (TPSA) is 81.1 Å². The molecule has 26 heavy (non-hydrogen) atoms. The van der Waals surface area contributed by atoms with E-state index in [4.69, 9.17) is 28.9 Å². The first-order valence-electron chi connectivity index (χ1n) is 7.98. The molecule has 134 valence electrons. The number of rotatable bonds is 5. The van der Waals surface area contributed by atoms with Crippen molar-refractivity contribution in [2.24, 2.45) is 10.7 Å². The van der Waals surface area contributed by atoms with E-state index >= 15 is 0 Å². The minimum Gasteiger partial charge on any atom is -0.370 e. The van der Waals surface area contributed by atoms with Gasteiger partial charge in [0.1, 0.15) is 12.7 Å². The van der Waals surface area contributed by atoms with E-state index in [1.54, 1.807) is 23.1 Å². The van der Waals surface area contributed by atoms with Gasteiger partial charge in [0.05, 0.1) is 18.3 Å². The fourth-order valence-electron chi connectivity index (χ4n) is 2.47. The summed E-state index contributed by atoms with van der Waals surface area (Å²) in [4.78, 5) is 8.31. The Morgan fingerprint density at radius 2 is 2.00 bits per heavy atom. The number of guanidine groups is 1. The Kier molecular flexibility index (Phi) is 5.75. The van der Waals surface area contributed by atoms with Crippen LogP contribution in [0.2, 0.25) is 10.0 Å². The molecule has 0 aliphatic rings. The van der Waals surface area contributed by atoms with Crippen LogP contribution >= 0.6 is 23.2 Å². The maximum Gasteiger partial charge on any atom is 0.189 e. The summed E-state index contributed by atoms with van der Waals surface area (Å²) in [5, 5.41) is 8.42. The third-order valence-corrected chi connectivity index (χ3v) is 4.41. The van der Waals surface area contributed by atoms with Crippen LogP contribution in [-0.2, 0) is 6.54 Å². The molecule has 0 aliphatic heterocycles. The minimum absolute atomic E-state index is 0.0850. The smallest absolute Gasteiger partial charge is 0.189 e. The average Bonchev–Trinajstić information content (AvgIpc) is 3.15. The molecule has 0 bridgehead atoms. The molecule has 1 heterocycles. The number of benzene rings is 2. The summed E-state index contributed by atoms with van der Waals surface area (Å²) in [7, 11) is 0. The van der Waals surface area contributed by atoms with E-state index in [1.165, 1.54) is 6.33 Å². The van der Waals surface area contributed by atoms with E-state index in [0.717, 1.165) is 16.8 Å². The first-order chi connectivity index (χ1) is 12.5. The molecule has 1 aromatic heterocycles. The van der Waals surface area contributed by atoms with Crippen LogP contribution in [0.25, 0.3) is 5.69 Å². The highest BCUT2D eigenvalue weighted by atomic mass is 35.5. The molecule has 0 saturated heterocycles. The molecule has 0 spiro atoms. The van der Waals surface area contributed by atoms with Gasteiger partial charge in [0.25, 0.3) is 0 Å². The van der Waals surface area contributed by atoms with Crippen molar-refractivity contribution in [3.8, 4) is 5.69 Å². The van der Waals surface area contributed by atoms with Crippen LogP contribution in [-0.4, -0.2) is 20.7 Å². The van der Waals surface area contributed by atoms with Gasteiger partial charge in [0.15, 0.2) is 5.96 Å². The van der Waals surface area contributed by atoms with Gasteiger partial charge in [-0.25, -0.2) is 14.7 Å². The Hall–Kier alpha value is -2.57. The van der Waals surface area contributed by atoms with Crippen molar-refractivity contribution in [1.82, 2.24) is 20.1 Å². The van der Waals surface area contributed by atoms with Gasteiger partial charge in [-0.05, 0) is 42.3 Å². The number of halogens is 2. The molecule has 1 unspecified atom stereocenters. The molecule has 6 nitrogen and oxygen atoms in total. The highest BCUT2D eigenvalue weighted by Crippen LogP contribution is 2.25. The predicted molar refractivity (Wildman–Crippen MR) is 105 cm³/mol. The number of hydrogen-bond acceptors (Lipinski definition) is 3. The summed E-state index contributed by atoms with van der Waals surface area (Å²) >= 11 is 12.1. The second kappa shape index (κ2) is 8.21. The van der Waals surface area contributed by atoms with Crippen LogP contribution in [0, 0.1) is 0 Å². The summed E-state index contributed by atoms with van der Waals surface area (Å²) < 4.78 is 1.69. The second-order valence-corrected chi connectivity index (χ2v) is 6.58. The number of nitrogens with one attached hydrogen (secondary N) is 1. The zero-order chi connectivity index (χ0) is 18.5. The zero-order valence-corrected chi connectivity index (χ0v) is 15.6. The maximum absolute atomic E-state index is 6.22. The minimum atomic E-state index is -0.0850. The maximum atomic E-state index is 6.22. The van der Waals surface area contributed by atoms with Crippen LogP contribution in [0.4, 0.5) is 0 Å². The van der Waals surface area contributed by atoms with Crippen molar-refractivity contribution in [1.29, 1.82) is 0 Å². The van der Waals surface area contributed by atoms with Gasteiger partial charge in [0.2, 0.25) is 0 Å². The van der Waals surface area contributed by atoms with Crippen LogP contribution < -0.4 is 11.1 Å². The van der Waals surface area contributed by atoms with Crippen molar-refractivity contribution >= 4 is 29.2 Å². The molecule has 0 saturated carbocycles. The summed E-state index contributed by atoms with van der Waals surface area (Å²) in [6.07, 6.45) is 3.15. The summed E-state index contributed by atoms with van der Waals surface area (Å²) in [6, 6.07) is 13.2. The lowest BCUT2D eigenvalue weighted by Crippen LogP contribution is -2.34. The highest BCUT2D eigenvalue weighted by Gasteiger charge is 2.10. The molecule has 8 heteroatoms. The number of aliphatic imine (C=N–C) groups is 1. The van der Waals surface area contributed by atoms with Gasteiger partial charge in [-0.2, -0.15) is 5.10 Å². The van der Waals surface area contributed by atoms with Crippen molar-refractivity contribution in [3.05, 3.63) is 76.3 Å². The third-order valence-electron chi connectivity index (χ3n) is 3.84. The van der Waals surface area contributed by atoms with E-state index in [1.807, 2.05) is 37.3 Å². The van der Waals surface area contributed by atoms with Crippen molar-refractivity contribution in [3.63, 3.8) is 0 Å². The molecular weight excluding hydrogens is 371 g/mol. The molecular formula is C18H18Cl2N6. The molecule has 0 aliphatic carbocycles. The Morgan fingerprint density at radius 3 is 2.65 bits per heavy atom. The SMILES string of the molecule is CC(NC(N)=NCc1ccc(-n2cncn2)cc1)c1ccc(Cl)cc1Cl. The standard InChI is InChI=1S/C18H18Cl2N6/c1-12(16-7-4-14(19)8-17(16)20)25-18(21)23-9-13-2-5-15(6-3-13)26-11-22-10-24-26/h2-8,10-12H,9H2,1H3,(H3,21,23,25). The normalized spacial score (nSPS) is 12.8. The highest BCUT2D eigenvalue weighted by molar-refractivity contribution is 6.35. The second-order valence-electron chi connectivity index (χ2n) is 5.74.